The number of para-hydroxylation sites is 1. The van der Waals surface area contributed by atoms with Crippen molar-refractivity contribution < 1.29 is 0 Å². The molecule has 1 aromatic heterocycles. The molecule has 0 aliphatic rings. The molecule has 0 fully saturated rings. The van der Waals surface area contributed by atoms with Crippen LogP contribution >= 0.6 is 11.3 Å². The van der Waals surface area contributed by atoms with Crippen LogP contribution in [0.3, 0.4) is 0 Å². The van der Waals surface area contributed by atoms with Gasteiger partial charge in [0, 0.05) is 24.2 Å². The molecule has 1 aromatic carbocycles. The highest BCUT2D eigenvalue weighted by atomic mass is 32.1. The highest BCUT2D eigenvalue weighted by Crippen LogP contribution is 2.28. The lowest BCUT2D eigenvalue weighted by Gasteiger charge is -2.25. The zero-order chi connectivity index (χ0) is 13.7. The number of thiazole rings is 1. The summed E-state index contributed by atoms with van der Waals surface area (Å²) >= 11 is 1.65. The minimum Gasteiger partial charge on any atom is -0.368 e. The van der Waals surface area contributed by atoms with E-state index < -0.39 is 0 Å². The van der Waals surface area contributed by atoms with Crippen LogP contribution in [-0.2, 0) is 6.54 Å². The lowest BCUT2D eigenvalue weighted by atomic mass is 10.0. The SMILES string of the molecule is CCC(NC)c1ccccc1N(C)Cc1cscn1. The molecule has 0 aliphatic carbocycles. The van der Waals surface area contributed by atoms with E-state index in [0.717, 1.165) is 18.7 Å². The molecule has 1 heterocycles. The van der Waals surface area contributed by atoms with Gasteiger partial charge in [-0.15, -0.1) is 11.3 Å². The topological polar surface area (TPSA) is 28.2 Å². The second-order valence-corrected chi connectivity index (χ2v) is 5.36. The molecule has 0 saturated carbocycles. The summed E-state index contributed by atoms with van der Waals surface area (Å²) in [5.41, 5.74) is 5.64. The van der Waals surface area contributed by atoms with E-state index in [1.165, 1.54) is 11.3 Å². The summed E-state index contributed by atoms with van der Waals surface area (Å²) in [5.74, 6) is 0. The Labute approximate surface area is 119 Å². The second-order valence-electron chi connectivity index (χ2n) is 4.64. The van der Waals surface area contributed by atoms with Gasteiger partial charge in [0.25, 0.3) is 0 Å². The fourth-order valence-electron chi connectivity index (χ4n) is 2.35. The van der Waals surface area contributed by atoms with Crippen molar-refractivity contribution in [1.82, 2.24) is 10.3 Å². The Kier molecular flexibility index (Phi) is 4.93. The summed E-state index contributed by atoms with van der Waals surface area (Å²) in [4.78, 5) is 6.63. The van der Waals surface area contributed by atoms with Crippen molar-refractivity contribution in [1.29, 1.82) is 0 Å². The predicted octanol–water partition coefficient (Wildman–Crippen LogP) is 3.45. The van der Waals surface area contributed by atoms with Crippen LogP contribution in [-0.4, -0.2) is 19.1 Å². The van der Waals surface area contributed by atoms with Crippen molar-refractivity contribution in [3.63, 3.8) is 0 Å². The molecule has 19 heavy (non-hydrogen) atoms. The summed E-state index contributed by atoms with van der Waals surface area (Å²) in [7, 11) is 4.14. The first kappa shape index (κ1) is 14.0. The maximum absolute atomic E-state index is 4.36. The first-order chi connectivity index (χ1) is 9.26. The monoisotopic (exact) mass is 275 g/mol. The van der Waals surface area contributed by atoms with Crippen LogP contribution in [0, 0.1) is 0 Å². The number of benzene rings is 1. The zero-order valence-electron chi connectivity index (χ0n) is 11.8. The Bertz CT molecular complexity index is 492. The molecule has 0 amide bonds. The lowest BCUT2D eigenvalue weighted by Crippen LogP contribution is -2.22. The van der Waals surface area contributed by atoms with Gasteiger partial charge in [-0.3, -0.25) is 0 Å². The largest absolute Gasteiger partial charge is 0.368 e. The molecule has 0 bridgehead atoms. The summed E-state index contributed by atoms with van der Waals surface area (Å²) in [5, 5.41) is 5.49. The van der Waals surface area contributed by atoms with E-state index in [2.05, 4.69) is 58.8 Å². The van der Waals surface area contributed by atoms with Crippen molar-refractivity contribution in [2.45, 2.75) is 25.9 Å². The highest BCUT2D eigenvalue weighted by Gasteiger charge is 2.14. The average Bonchev–Trinajstić information content (AvgIpc) is 2.93. The molecule has 1 atom stereocenters. The van der Waals surface area contributed by atoms with Gasteiger partial charge in [0.05, 0.1) is 17.7 Å². The number of aromatic nitrogens is 1. The van der Waals surface area contributed by atoms with Gasteiger partial charge in [0.2, 0.25) is 0 Å². The van der Waals surface area contributed by atoms with E-state index in [-0.39, 0.29) is 0 Å². The molecule has 1 N–H and O–H groups in total. The quantitative estimate of drug-likeness (QED) is 0.875. The van der Waals surface area contributed by atoms with E-state index in [1.807, 2.05) is 12.6 Å². The average molecular weight is 275 g/mol. The summed E-state index contributed by atoms with van der Waals surface area (Å²) in [6, 6.07) is 8.99. The fraction of sp³-hybridized carbons (Fsp3) is 0.400. The Morgan fingerprint density at radius 2 is 2.16 bits per heavy atom. The first-order valence-corrected chi connectivity index (χ1v) is 7.55. The van der Waals surface area contributed by atoms with Gasteiger partial charge in [-0.25, -0.2) is 4.98 Å². The van der Waals surface area contributed by atoms with E-state index in [9.17, 15) is 0 Å². The van der Waals surface area contributed by atoms with Crippen LogP contribution in [0.25, 0.3) is 0 Å². The van der Waals surface area contributed by atoms with Gasteiger partial charge in [-0.1, -0.05) is 25.1 Å². The highest BCUT2D eigenvalue weighted by molar-refractivity contribution is 7.07. The standard InChI is InChI=1S/C15H21N3S/c1-4-14(16-2)13-7-5-6-8-15(13)18(3)9-12-10-19-11-17-12/h5-8,10-11,14,16H,4,9H2,1-3H3. The Balaban J connectivity index is 2.23. The third kappa shape index (κ3) is 3.33. The Morgan fingerprint density at radius 3 is 2.79 bits per heavy atom. The molecule has 2 aromatic rings. The van der Waals surface area contributed by atoms with Crippen molar-refractivity contribution in [2.75, 3.05) is 19.0 Å². The third-order valence-electron chi connectivity index (χ3n) is 3.36. The number of nitrogens with zero attached hydrogens (tertiary/aromatic N) is 2. The molecule has 102 valence electrons. The molecular weight excluding hydrogens is 254 g/mol. The predicted molar refractivity (Wildman–Crippen MR) is 82.8 cm³/mol. The molecular formula is C15H21N3S. The number of rotatable bonds is 6. The molecule has 0 aliphatic heterocycles. The van der Waals surface area contributed by atoms with Crippen molar-refractivity contribution in [2.24, 2.45) is 0 Å². The smallest absolute Gasteiger partial charge is 0.0795 e. The summed E-state index contributed by atoms with van der Waals surface area (Å²) < 4.78 is 0. The van der Waals surface area contributed by atoms with Crippen LogP contribution < -0.4 is 10.2 Å². The van der Waals surface area contributed by atoms with E-state index >= 15 is 0 Å². The number of anilines is 1. The molecule has 0 spiro atoms. The normalized spacial score (nSPS) is 12.4. The van der Waals surface area contributed by atoms with Crippen molar-refractivity contribution in [3.8, 4) is 0 Å². The minimum atomic E-state index is 0.397. The van der Waals surface area contributed by atoms with Crippen LogP contribution in [0.1, 0.15) is 30.6 Å². The maximum Gasteiger partial charge on any atom is 0.0795 e. The zero-order valence-corrected chi connectivity index (χ0v) is 12.6. The van der Waals surface area contributed by atoms with Crippen LogP contribution in [0.15, 0.2) is 35.2 Å². The maximum atomic E-state index is 4.36. The summed E-state index contributed by atoms with van der Waals surface area (Å²) in [6.07, 6.45) is 1.08. The van der Waals surface area contributed by atoms with Gasteiger partial charge in [0.15, 0.2) is 0 Å². The molecule has 2 rings (SSSR count). The van der Waals surface area contributed by atoms with Gasteiger partial charge in [0.1, 0.15) is 0 Å². The van der Waals surface area contributed by atoms with Crippen molar-refractivity contribution >= 4 is 17.0 Å². The van der Waals surface area contributed by atoms with Crippen LogP contribution in [0.4, 0.5) is 5.69 Å². The molecule has 0 saturated heterocycles. The Hall–Kier alpha value is -1.39. The molecule has 0 radical (unpaired) electrons. The lowest BCUT2D eigenvalue weighted by molar-refractivity contribution is 0.575. The van der Waals surface area contributed by atoms with Gasteiger partial charge in [-0.05, 0) is 25.1 Å². The Morgan fingerprint density at radius 1 is 1.37 bits per heavy atom. The molecule has 3 nitrogen and oxygen atoms in total. The number of nitrogens with one attached hydrogen (secondary N) is 1. The van der Waals surface area contributed by atoms with Gasteiger partial charge >= 0.3 is 0 Å². The van der Waals surface area contributed by atoms with Gasteiger partial charge in [-0.2, -0.15) is 0 Å². The first-order valence-electron chi connectivity index (χ1n) is 6.60. The van der Waals surface area contributed by atoms with E-state index in [1.54, 1.807) is 11.3 Å². The number of hydrogen-bond donors (Lipinski definition) is 1. The van der Waals surface area contributed by atoms with Gasteiger partial charge < -0.3 is 10.2 Å². The second kappa shape index (κ2) is 6.68. The molecule has 1 unspecified atom stereocenters. The van der Waals surface area contributed by atoms with E-state index in [4.69, 9.17) is 0 Å². The minimum absolute atomic E-state index is 0.397. The van der Waals surface area contributed by atoms with Crippen LogP contribution in [0.5, 0.6) is 0 Å². The summed E-state index contributed by atoms with van der Waals surface area (Å²) in [6.45, 7) is 3.05. The van der Waals surface area contributed by atoms with E-state index in [0.29, 0.717) is 6.04 Å². The van der Waals surface area contributed by atoms with Crippen LogP contribution in [0.2, 0.25) is 0 Å². The number of hydrogen-bond acceptors (Lipinski definition) is 4. The fourth-order valence-corrected chi connectivity index (χ4v) is 2.90. The van der Waals surface area contributed by atoms with Crippen molar-refractivity contribution in [3.05, 3.63) is 46.4 Å². The third-order valence-corrected chi connectivity index (χ3v) is 4.00. The molecule has 4 heteroatoms.